The van der Waals surface area contributed by atoms with E-state index >= 15 is 0 Å². The third-order valence-electron chi connectivity index (χ3n) is 7.96. The van der Waals surface area contributed by atoms with E-state index in [1.807, 2.05) is 6.92 Å². The largest absolute Gasteiger partial charge is 0.465 e. The van der Waals surface area contributed by atoms with Gasteiger partial charge in [-0.25, -0.2) is 9.59 Å². The van der Waals surface area contributed by atoms with E-state index in [-0.39, 0.29) is 31.1 Å². The molecule has 0 spiro atoms. The molecule has 2 saturated heterocycles. The summed E-state index contributed by atoms with van der Waals surface area (Å²) in [5.74, 6) is -2.68. The number of rotatable bonds is 12. The average Bonchev–Trinajstić information content (AvgIpc) is 3.35. The van der Waals surface area contributed by atoms with Crippen molar-refractivity contribution in [1.29, 1.82) is 0 Å². The Morgan fingerprint density at radius 3 is 2.41 bits per heavy atom. The van der Waals surface area contributed by atoms with Crippen LogP contribution in [0.4, 0.5) is 0 Å². The van der Waals surface area contributed by atoms with Crippen molar-refractivity contribution in [1.82, 2.24) is 10.2 Å². The van der Waals surface area contributed by atoms with Gasteiger partial charge in [-0.1, -0.05) is 38.8 Å². The Kier molecular flexibility index (Phi) is 12.1. The second kappa shape index (κ2) is 15.1. The van der Waals surface area contributed by atoms with Gasteiger partial charge in [0.1, 0.15) is 37.0 Å². The van der Waals surface area contributed by atoms with Crippen LogP contribution in [0.1, 0.15) is 65.7 Å². The fourth-order valence-corrected chi connectivity index (χ4v) is 5.94. The molecule has 232 valence electrons. The van der Waals surface area contributed by atoms with Gasteiger partial charge in [0.15, 0.2) is 6.10 Å². The van der Waals surface area contributed by atoms with Gasteiger partial charge in [0.25, 0.3) is 0 Å². The van der Waals surface area contributed by atoms with Gasteiger partial charge in [-0.3, -0.25) is 14.9 Å². The molecule has 0 unspecified atom stereocenters. The molecule has 13 nitrogen and oxygen atoms in total. The molecule has 1 aliphatic carbocycles. The molecule has 0 aromatic carbocycles. The quantitative estimate of drug-likeness (QED) is 0.136. The van der Waals surface area contributed by atoms with Crippen molar-refractivity contribution in [3.63, 3.8) is 0 Å². The van der Waals surface area contributed by atoms with Crippen LogP contribution >= 0.6 is 0 Å². The van der Waals surface area contributed by atoms with Gasteiger partial charge in [-0.15, -0.1) is 0 Å². The van der Waals surface area contributed by atoms with Crippen molar-refractivity contribution in [3.8, 4) is 0 Å². The summed E-state index contributed by atoms with van der Waals surface area (Å²) in [5.41, 5.74) is 0. The number of nitrogens with one attached hydrogen (secondary N) is 1. The number of ether oxygens (including phenoxy) is 4. The minimum atomic E-state index is -1.87. The summed E-state index contributed by atoms with van der Waals surface area (Å²) in [6.07, 6.45) is -2.91. The Morgan fingerprint density at radius 1 is 1.05 bits per heavy atom. The second-order valence-corrected chi connectivity index (χ2v) is 10.8. The van der Waals surface area contributed by atoms with Crippen LogP contribution in [-0.2, 0) is 38.1 Å². The molecule has 3 aliphatic rings. The van der Waals surface area contributed by atoms with E-state index in [1.54, 1.807) is 13.8 Å². The van der Waals surface area contributed by atoms with Crippen molar-refractivity contribution >= 4 is 23.8 Å². The van der Waals surface area contributed by atoms with E-state index in [9.17, 15) is 34.5 Å². The highest BCUT2D eigenvalue weighted by Crippen LogP contribution is 2.41. The van der Waals surface area contributed by atoms with Crippen molar-refractivity contribution in [2.75, 3.05) is 13.2 Å². The van der Waals surface area contributed by atoms with Gasteiger partial charge in [-0.2, -0.15) is 0 Å². The lowest BCUT2D eigenvalue weighted by atomic mass is 9.84. The summed E-state index contributed by atoms with van der Waals surface area (Å²) < 4.78 is 20.9. The van der Waals surface area contributed by atoms with Crippen LogP contribution in [0, 0.1) is 5.92 Å². The molecular weight excluding hydrogens is 540 g/mol. The Morgan fingerprint density at radius 2 is 1.76 bits per heavy atom. The first-order valence-electron chi connectivity index (χ1n) is 14.5. The molecule has 3 rings (SSSR count). The molecule has 2 heterocycles. The summed E-state index contributed by atoms with van der Waals surface area (Å²) in [7, 11) is 0. The minimum absolute atomic E-state index is 0.0557. The number of aliphatic hydroxyl groups excluding tert-OH is 3. The summed E-state index contributed by atoms with van der Waals surface area (Å²) >= 11 is 0. The predicted molar refractivity (Wildman–Crippen MR) is 143 cm³/mol. The number of amides is 1. The average molecular weight is 585 g/mol. The van der Waals surface area contributed by atoms with Crippen LogP contribution in [-0.4, -0.2) is 112 Å². The van der Waals surface area contributed by atoms with Gasteiger partial charge in [0.2, 0.25) is 12.2 Å². The number of hydrogen-bond acceptors (Lipinski definition) is 12. The van der Waals surface area contributed by atoms with E-state index in [0.29, 0.717) is 25.7 Å². The first-order valence-corrected chi connectivity index (χ1v) is 14.5. The van der Waals surface area contributed by atoms with Crippen LogP contribution < -0.4 is 5.32 Å². The van der Waals surface area contributed by atoms with E-state index in [1.165, 1.54) is 11.0 Å². The van der Waals surface area contributed by atoms with E-state index in [4.69, 9.17) is 18.9 Å². The number of hydrogen-bond donors (Lipinski definition) is 4. The van der Waals surface area contributed by atoms with Gasteiger partial charge in [0.05, 0.1) is 12.6 Å². The lowest BCUT2D eigenvalue weighted by Crippen LogP contribution is -2.61. The smallest absolute Gasteiger partial charge is 0.338 e. The highest BCUT2D eigenvalue weighted by molar-refractivity contribution is 5.89. The molecule has 1 saturated carbocycles. The number of aliphatic hydroxyl groups is 3. The van der Waals surface area contributed by atoms with Crippen molar-refractivity contribution in [2.45, 2.75) is 121 Å². The normalized spacial score (nSPS) is 32.8. The van der Waals surface area contributed by atoms with E-state index in [2.05, 4.69) is 11.9 Å². The molecule has 0 bridgehead atoms. The molecule has 13 heteroatoms. The van der Waals surface area contributed by atoms with Crippen LogP contribution in [0.25, 0.3) is 0 Å². The Bertz CT molecular complexity index is 946. The van der Waals surface area contributed by atoms with Crippen molar-refractivity contribution < 1.29 is 53.4 Å². The highest BCUT2D eigenvalue weighted by Gasteiger charge is 2.53. The molecule has 4 N–H and O–H groups in total. The molecule has 10 atom stereocenters. The Labute approximate surface area is 240 Å². The zero-order valence-electron chi connectivity index (χ0n) is 24.0. The lowest BCUT2D eigenvalue weighted by molar-refractivity contribution is -0.288. The second-order valence-electron chi connectivity index (χ2n) is 10.8. The van der Waals surface area contributed by atoms with Gasteiger partial charge >= 0.3 is 17.9 Å². The van der Waals surface area contributed by atoms with E-state index in [0.717, 1.165) is 19.3 Å². The van der Waals surface area contributed by atoms with Gasteiger partial charge in [-0.05, 0) is 45.4 Å². The zero-order valence-corrected chi connectivity index (χ0v) is 24.0. The predicted octanol–water partition coefficient (Wildman–Crippen LogP) is -0.0640. The minimum Gasteiger partial charge on any atom is -0.465 e. The van der Waals surface area contributed by atoms with Crippen LogP contribution in [0.15, 0.2) is 12.7 Å². The number of nitrogens with zero attached hydrogens (tertiary/aromatic N) is 1. The maximum Gasteiger partial charge on any atom is 0.338 e. The first kappa shape index (κ1) is 32.9. The maximum atomic E-state index is 13.8. The van der Waals surface area contributed by atoms with Crippen molar-refractivity contribution in [2.24, 2.45) is 5.92 Å². The number of carbonyl (C=O) groups is 4. The van der Waals surface area contributed by atoms with Crippen LogP contribution in [0.3, 0.4) is 0 Å². The Hall–Kier alpha value is -2.58. The van der Waals surface area contributed by atoms with Gasteiger partial charge < -0.3 is 39.2 Å². The number of likely N-dealkylation sites (tertiary alicyclic amines) is 1. The summed E-state index contributed by atoms with van der Waals surface area (Å²) in [6.45, 7) is 8.71. The molecular formula is C28H44N2O11. The zero-order chi connectivity index (χ0) is 30.3. The third kappa shape index (κ3) is 7.63. The fourth-order valence-electron chi connectivity index (χ4n) is 5.94. The van der Waals surface area contributed by atoms with Gasteiger partial charge in [0, 0.05) is 6.04 Å². The number of esters is 3. The van der Waals surface area contributed by atoms with Crippen LogP contribution in [0.2, 0.25) is 0 Å². The van der Waals surface area contributed by atoms with Crippen molar-refractivity contribution in [3.05, 3.63) is 12.7 Å². The molecule has 0 aromatic heterocycles. The molecule has 3 fully saturated rings. The first-order chi connectivity index (χ1) is 19.5. The lowest BCUT2D eigenvalue weighted by Gasteiger charge is -2.39. The molecule has 41 heavy (non-hydrogen) atoms. The standard InChI is InChI=1S/C28H44N2O11/c1-5-10-17(25(35)38-7-3)29-15(4)24(34)30-18-12-9-8-11-16(18)14-19(30)26(36)41-28-22(33)20(31)21(32)23(40-28)27(37)39-13-6-2/h6,15-23,28-29,31-33H,2,5,7-14H2,1,3-4H3/t15-,16-,17-,18-,19-,20-,21-,22+,23-,28-/m0/s1. The highest BCUT2D eigenvalue weighted by atomic mass is 16.7. The monoisotopic (exact) mass is 584 g/mol. The number of carbonyl (C=O) groups excluding carboxylic acids is 4. The topological polar surface area (TPSA) is 181 Å². The van der Waals surface area contributed by atoms with Crippen LogP contribution in [0.5, 0.6) is 0 Å². The number of fused-ring (bicyclic) bond motifs is 1. The third-order valence-corrected chi connectivity index (χ3v) is 7.96. The molecule has 2 aliphatic heterocycles. The fraction of sp³-hybridized carbons (Fsp3) is 0.786. The molecule has 0 radical (unpaired) electrons. The molecule has 0 aromatic rings. The molecule has 1 amide bonds. The summed E-state index contributed by atoms with van der Waals surface area (Å²) in [6, 6.07) is -2.73. The summed E-state index contributed by atoms with van der Waals surface area (Å²) in [5, 5.41) is 34.1. The Balaban J connectivity index is 1.78. The SMILES string of the molecule is C=CCOC(=O)[C@H]1O[C@@H](OC(=O)[C@@H]2C[C@@H]3CCCC[C@@H]3N2C(=O)[C@H](C)N[C@@H](CCC)C(=O)OCC)[C@H](O)[C@@H](O)[C@@H]1O. The van der Waals surface area contributed by atoms with E-state index < -0.39 is 66.7 Å². The maximum absolute atomic E-state index is 13.8. The summed E-state index contributed by atoms with van der Waals surface area (Å²) in [4.78, 5) is 53.6.